The number of hydrogen-bond donors (Lipinski definition) is 1. The lowest BCUT2D eigenvalue weighted by Crippen LogP contribution is -2.24. The zero-order valence-electron chi connectivity index (χ0n) is 11.2. The molecule has 3 nitrogen and oxygen atoms in total. The summed E-state index contributed by atoms with van der Waals surface area (Å²) in [5.41, 5.74) is 1.29. The smallest absolute Gasteiger partial charge is 0.133 e. The van der Waals surface area contributed by atoms with Crippen LogP contribution in [-0.4, -0.2) is 36.3 Å². The van der Waals surface area contributed by atoms with Crippen molar-refractivity contribution in [3.8, 4) is 5.75 Å². The fraction of sp³-hybridized carbons (Fsp3) is 0.600. The van der Waals surface area contributed by atoms with Crippen molar-refractivity contribution < 1.29 is 9.84 Å². The maximum atomic E-state index is 9.94. The molecule has 3 atom stereocenters. The Balaban J connectivity index is 1.65. The number of fused-ring (bicyclic) bond motifs is 1. The minimum atomic E-state index is -0.0717. The van der Waals surface area contributed by atoms with E-state index in [2.05, 4.69) is 33.0 Å². The molecule has 1 heterocycles. The van der Waals surface area contributed by atoms with Gasteiger partial charge in [-0.2, -0.15) is 0 Å². The van der Waals surface area contributed by atoms with Crippen LogP contribution in [0.5, 0.6) is 5.75 Å². The van der Waals surface area contributed by atoms with Gasteiger partial charge in [0.25, 0.3) is 0 Å². The van der Waals surface area contributed by atoms with E-state index >= 15 is 0 Å². The molecule has 3 rings (SSSR count). The molecule has 0 bridgehead atoms. The van der Waals surface area contributed by atoms with Gasteiger partial charge in [-0.1, -0.05) is 6.07 Å². The van der Waals surface area contributed by atoms with Gasteiger partial charge >= 0.3 is 0 Å². The van der Waals surface area contributed by atoms with Crippen LogP contribution in [0.25, 0.3) is 0 Å². The molecular formula is C15H20BrNO2. The zero-order valence-corrected chi connectivity index (χ0v) is 12.8. The SMILES string of the molecule is COc1ccc(CN2CC3CCC(O)C3C2)cc1Br. The molecule has 0 aromatic heterocycles. The molecule has 1 saturated heterocycles. The van der Waals surface area contributed by atoms with Gasteiger partial charge in [0, 0.05) is 25.6 Å². The largest absolute Gasteiger partial charge is 0.496 e. The normalized spacial score (nSPS) is 30.6. The summed E-state index contributed by atoms with van der Waals surface area (Å²) >= 11 is 3.53. The van der Waals surface area contributed by atoms with E-state index in [9.17, 15) is 5.11 Å². The fourth-order valence-electron chi connectivity index (χ4n) is 3.52. The number of halogens is 1. The van der Waals surface area contributed by atoms with Crippen LogP contribution >= 0.6 is 15.9 Å². The van der Waals surface area contributed by atoms with Gasteiger partial charge in [0.2, 0.25) is 0 Å². The first kappa shape index (κ1) is 13.4. The van der Waals surface area contributed by atoms with E-state index in [-0.39, 0.29) is 6.10 Å². The Bertz CT molecular complexity index is 465. The molecule has 0 amide bonds. The second-order valence-electron chi connectivity index (χ2n) is 5.73. The summed E-state index contributed by atoms with van der Waals surface area (Å²) in [5.74, 6) is 2.08. The van der Waals surface area contributed by atoms with Gasteiger partial charge in [-0.3, -0.25) is 4.90 Å². The monoisotopic (exact) mass is 325 g/mol. The minimum Gasteiger partial charge on any atom is -0.496 e. The maximum absolute atomic E-state index is 9.94. The molecule has 1 saturated carbocycles. The standard InChI is InChI=1S/C15H20BrNO2/c1-19-15-5-2-10(6-13(15)16)7-17-8-11-3-4-14(18)12(11)9-17/h2,5-6,11-12,14,18H,3-4,7-9H2,1H3. The molecular weight excluding hydrogens is 306 g/mol. The third-order valence-corrected chi connectivity index (χ3v) is 5.14. The Morgan fingerprint density at radius 3 is 2.89 bits per heavy atom. The molecule has 1 aliphatic carbocycles. The quantitative estimate of drug-likeness (QED) is 0.927. The van der Waals surface area contributed by atoms with Gasteiger partial charge < -0.3 is 9.84 Å². The van der Waals surface area contributed by atoms with Crippen molar-refractivity contribution >= 4 is 15.9 Å². The lowest BCUT2D eigenvalue weighted by molar-refractivity contribution is 0.123. The molecule has 19 heavy (non-hydrogen) atoms. The summed E-state index contributed by atoms with van der Waals surface area (Å²) < 4.78 is 6.26. The summed E-state index contributed by atoms with van der Waals surface area (Å²) in [6, 6.07) is 6.25. The minimum absolute atomic E-state index is 0.0717. The number of aliphatic hydroxyl groups excluding tert-OH is 1. The van der Waals surface area contributed by atoms with E-state index in [0.717, 1.165) is 36.3 Å². The molecule has 1 aromatic rings. The fourth-order valence-corrected chi connectivity index (χ4v) is 4.11. The van der Waals surface area contributed by atoms with Crippen LogP contribution in [0.15, 0.2) is 22.7 Å². The number of rotatable bonds is 3. The van der Waals surface area contributed by atoms with Crippen molar-refractivity contribution in [2.45, 2.75) is 25.5 Å². The molecule has 0 spiro atoms. The van der Waals surface area contributed by atoms with Gasteiger partial charge in [0.1, 0.15) is 5.75 Å². The van der Waals surface area contributed by atoms with E-state index in [1.807, 2.05) is 6.07 Å². The van der Waals surface area contributed by atoms with Gasteiger partial charge in [0.15, 0.2) is 0 Å². The molecule has 1 N–H and O–H groups in total. The van der Waals surface area contributed by atoms with Gasteiger partial charge in [-0.05, 0) is 52.4 Å². The first-order valence-electron chi connectivity index (χ1n) is 6.90. The predicted molar refractivity (Wildman–Crippen MR) is 78.2 cm³/mol. The Labute approximate surface area is 122 Å². The van der Waals surface area contributed by atoms with Crippen molar-refractivity contribution in [1.82, 2.24) is 4.90 Å². The van der Waals surface area contributed by atoms with Crippen molar-refractivity contribution in [2.24, 2.45) is 11.8 Å². The van der Waals surface area contributed by atoms with E-state index in [1.54, 1.807) is 7.11 Å². The number of aliphatic hydroxyl groups is 1. The molecule has 104 valence electrons. The average Bonchev–Trinajstić information content (AvgIpc) is 2.92. The average molecular weight is 326 g/mol. The van der Waals surface area contributed by atoms with Crippen LogP contribution in [0.4, 0.5) is 0 Å². The number of likely N-dealkylation sites (tertiary alicyclic amines) is 1. The highest BCUT2D eigenvalue weighted by molar-refractivity contribution is 9.10. The maximum Gasteiger partial charge on any atom is 0.133 e. The van der Waals surface area contributed by atoms with Crippen LogP contribution in [0, 0.1) is 11.8 Å². The summed E-state index contributed by atoms with van der Waals surface area (Å²) in [6.07, 6.45) is 2.11. The first-order valence-corrected chi connectivity index (χ1v) is 7.69. The number of hydrogen-bond acceptors (Lipinski definition) is 3. The van der Waals surface area contributed by atoms with Crippen LogP contribution < -0.4 is 4.74 Å². The summed E-state index contributed by atoms with van der Waals surface area (Å²) in [6.45, 7) is 3.13. The third kappa shape index (κ3) is 2.67. The molecule has 2 fully saturated rings. The Hall–Kier alpha value is -0.580. The molecule has 1 aliphatic heterocycles. The Morgan fingerprint density at radius 2 is 2.21 bits per heavy atom. The topological polar surface area (TPSA) is 32.7 Å². The van der Waals surface area contributed by atoms with E-state index < -0.39 is 0 Å². The molecule has 4 heteroatoms. The van der Waals surface area contributed by atoms with Gasteiger partial charge in [-0.15, -0.1) is 0 Å². The second kappa shape index (κ2) is 5.43. The van der Waals surface area contributed by atoms with Crippen LogP contribution in [-0.2, 0) is 6.54 Å². The molecule has 1 aromatic carbocycles. The molecule has 3 unspecified atom stereocenters. The van der Waals surface area contributed by atoms with Crippen LogP contribution in [0.1, 0.15) is 18.4 Å². The zero-order chi connectivity index (χ0) is 13.4. The van der Waals surface area contributed by atoms with Crippen LogP contribution in [0.3, 0.4) is 0 Å². The van der Waals surface area contributed by atoms with Crippen LogP contribution in [0.2, 0.25) is 0 Å². The van der Waals surface area contributed by atoms with E-state index in [1.165, 1.54) is 12.0 Å². The van der Waals surface area contributed by atoms with E-state index in [0.29, 0.717) is 11.8 Å². The van der Waals surface area contributed by atoms with Gasteiger partial charge in [0.05, 0.1) is 17.7 Å². The van der Waals surface area contributed by atoms with Crippen molar-refractivity contribution in [3.63, 3.8) is 0 Å². The molecule has 2 aliphatic rings. The summed E-state index contributed by atoms with van der Waals surface area (Å²) in [7, 11) is 1.68. The lowest BCUT2D eigenvalue weighted by atomic mass is 10.00. The summed E-state index contributed by atoms with van der Waals surface area (Å²) in [5, 5.41) is 9.94. The number of ether oxygens (including phenoxy) is 1. The highest BCUT2D eigenvalue weighted by atomic mass is 79.9. The van der Waals surface area contributed by atoms with Gasteiger partial charge in [-0.25, -0.2) is 0 Å². The second-order valence-corrected chi connectivity index (χ2v) is 6.59. The predicted octanol–water partition coefficient (Wildman–Crippen LogP) is 2.66. The van der Waals surface area contributed by atoms with Crippen molar-refractivity contribution in [3.05, 3.63) is 28.2 Å². The first-order chi connectivity index (χ1) is 9.17. The van der Waals surface area contributed by atoms with Crippen molar-refractivity contribution in [1.29, 1.82) is 0 Å². The lowest BCUT2D eigenvalue weighted by Gasteiger charge is -2.18. The number of benzene rings is 1. The molecule has 0 radical (unpaired) electrons. The van der Waals surface area contributed by atoms with E-state index in [4.69, 9.17) is 4.74 Å². The number of nitrogens with zero attached hydrogens (tertiary/aromatic N) is 1. The Kier molecular flexibility index (Phi) is 3.83. The highest BCUT2D eigenvalue weighted by Gasteiger charge is 2.41. The van der Waals surface area contributed by atoms with Crippen molar-refractivity contribution in [2.75, 3.05) is 20.2 Å². The summed E-state index contributed by atoms with van der Waals surface area (Å²) in [4.78, 5) is 2.46. The number of methoxy groups -OCH3 is 1. The Morgan fingerprint density at radius 1 is 1.37 bits per heavy atom. The third-order valence-electron chi connectivity index (χ3n) is 4.52. The highest BCUT2D eigenvalue weighted by Crippen LogP contribution is 2.38.